The van der Waals surface area contributed by atoms with E-state index in [2.05, 4.69) is 4.74 Å². The number of carbonyl (C=O) groups excluding carboxylic acids is 3. The number of hydrogen-bond donors (Lipinski definition) is 0. The molecule has 9 heteroatoms. The summed E-state index contributed by atoms with van der Waals surface area (Å²) in [5, 5.41) is -0.429. The SMILES string of the molecule is COC(=O)c1ccc(CN2C(=O)SC(=Cc3ccc(OCc4ccc(F)cc4)cc3)C2=O)o1. The number of hydrogen-bond acceptors (Lipinski definition) is 7. The van der Waals surface area contributed by atoms with Crippen LogP contribution in [0.3, 0.4) is 0 Å². The third-order valence-corrected chi connectivity index (χ3v) is 5.64. The maximum atomic E-state index is 13.0. The van der Waals surface area contributed by atoms with Crippen LogP contribution in [0.1, 0.15) is 27.4 Å². The highest BCUT2D eigenvalue weighted by atomic mass is 32.2. The van der Waals surface area contributed by atoms with Crippen molar-refractivity contribution in [1.29, 1.82) is 0 Å². The molecule has 2 aromatic carbocycles. The van der Waals surface area contributed by atoms with Gasteiger partial charge < -0.3 is 13.9 Å². The van der Waals surface area contributed by atoms with Crippen LogP contribution in [0.5, 0.6) is 5.75 Å². The Hall–Kier alpha value is -3.85. The van der Waals surface area contributed by atoms with E-state index in [1.165, 1.54) is 31.4 Å². The van der Waals surface area contributed by atoms with Gasteiger partial charge in [-0.3, -0.25) is 14.5 Å². The number of esters is 1. The quantitative estimate of drug-likeness (QED) is 0.356. The molecule has 0 unspecified atom stereocenters. The smallest absolute Gasteiger partial charge is 0.373 e. The summed E-state index contributed by atoms with van der Waals surface area (Å²) in [5.74, 6) is -0.484. The zero-order chi connectivity index (χ0) is 23.4. The van der Waals surface area contributed by atoms with E-state index in [-0.39, 0.29) is 23.0 Å². The van der Waals surface area contributed by atoms with E-state index < -0.39 is 17.1 Å². The number of amides is 2. The van der Waals surface area contributed by atoms with Crippen molar-refractivity contribution in [3.05, 3.63) is 94.0 Å². The monoisotopic (exact) mass is 467 g/mol. The zero-order valence-corrected chi connectivity index (χ0v) is 18.3. The number of carbonyl (C=O) groups is 3. The number of ether oxygens (including phenoxy) is 2. The van der Waals surface area contributed by atoms with E-state index in [1.54, 1.807) is 42.5 Å². The molecular formula is C24H18FNO6S. The van der Waals surface area contributed by atoms with Crippen LogP contribution in [0.4, 0.5) is 9.18 Å². The summed E-state index contributed by atoms with van der Waals surface area (Å²) < 4.78 is 28.6. The summed E-state index contributed by atoms with van der Waals surface area (Å²) in [4.78, 5) is 37.9. The van der Waals surface area contributed by atoms with Gasteiger partial charge >= 0.3 is 5.97 Å². The van der Waals surface area contributed by atoms with Gasteiger partial charge in [0.25, 0.3) is 11.1 Å². The van der Waals surface area contributed by atoms with Crippen molar-refractivity contribution >= 4 is 35.0 Å². The van der Waals surface area contributed by atoms with Crippen LogP contribution in [-0.2, 0) is 22.7 Å². The van der Waals surface area contributed by atoms with Crippen LogP contribution < -0.4 is 4.74 Å². The molecule has 4 rings (SSSR count). The van der Waals surface area contributed by atoms with Crippen molar-refractivity contribution in [3.63, 3.8) is 0 Å². The van der Waals surface area contributed by atoms with Gasteiger partial charge in [-0.25, -0.2) is 9.18 Å². The standard InChI is InChI=1S/C24H18FNO6S/c1-30-23(28)20-11-10-19(32-20)13-26-22(27)21(33-24(26)29)12-15-4-8-18(9-5-15)31-14-16-2-6-17(25)7-3-16/h2-12H,13-14H2,1H3. The van der Waals surface area contributed by atoms with Gasteiger partial charge in [0.05, 0.1) is 18.6 Å². The van der Waals surface area contributed by atoms with E-state index in [4.69, 9.17) is 9.15 Å². The van der Waals surface area contributed by atoms with Gasteiger partial charge in [-0.1, -0.05) is 24.3 Å². The van der Waals surface area contributed by atoms with Gasteiger partial charge in [-0.05, 0) is 65.4 Å². The Balaban J connectivity index is 1.39. The van der Waals surface area contributed by atoms with Gasteiger partial charge in [0.1, 0.15) is 23.9 Å². The minimum absolute atomic E-state index is 0.00301. The molecule has 0 atom stereocenters. The maximum absolute atomic E-state index is 13.0. The highest BCUT2D eigenvalue weighted by molar-refractivity contribution is 8.18. The molecule has 2 amide bonds. The molecule has 2 heterocycles. The molecule has 1 aromatic heterocycles. The zero-order valence-electron chi connectivity index (χ0n) is 17.4. The summed E-state index contributed by atoms with van der Waals surface area (Å²) in [7, 11) is 1.23. The Morgan fingerprint density at radius 3 is 2.48 bits per heavy atom. The van der Waals surface area contributed by atoms with Crippen molar-refractivity contribution < 1.29 is 32.7 Å². The van der Waals surface area contributed by atoms with Crippen LogP contribution in [0, 0.1) is 5.82 Å². The van der Waals surface area contributed by atoms with Gasteiger partial charge in [0, 0.05) is 0 Å². The van der Waals surface area contributed by atoms with Crippen molar-refractivity contribution in [2.24, 2.45) is 0 Å². The second kappa shape index (κ2) is 9.74. The molecule has 0 N–H and O–H groups in total. The van der Waals surface area contributed by atoms with Crippen molar-refractivity contribution in [2.75, 3.05) is 7.11 Å². The Kier molecular flexibility index (Phi) is 6.60. The van der Waals surface area contributed by atoms with Crippen molar-refractivity contribution in [3.8, 4) is 5.75 Å². The summed E-state index contributed by atoms with van der Waals surface area (Å²) >= 11 is 0.830. The molecule has 1 saturated heterocycles. The molecule has 0 spiro atoms. The molecule has 1 fully saturated rings. The van der Waals surface area contributed by atoms with Crippen molar-refractivity contribution in [1.82, 2.24) is 4.90 Å². The lowest BCUT2D eigenvalue weighted by Crippen LogP contribution is -2.27. The first-order chi connectivity index (χ1) is 15.9. The minimum atomic E-state index is -0.639. The Morgan fingerprint density at radius 2 is 1.79 bits per heavy atom. The van der Waals surface area contributed by atoms with Gasteiger partial charge in [0.15, 0.2) is 0 Å². The lowest BCUT2D eigenvalue weighted by Gasteiger charge is -2.10. The average Bonchev–Trinajstić information content (AvgIpc) is 3.39. The fourth-order valence-electron chi connectivity index (χ4n) is 3.02. The van der Waals surface area contributed by atoms with Gasteiger partial charge in [-0.15, -0.1) is 0 Å². The number of nitrogens with zero attached hydrogens (tertiary/aromatic N) is 1. The number of halogens is 1. The van der Waals surface area contributed by atoms with Crippen molar-refractivity contribution in [2.45, 2.75) is 13.2 Å². The lowest BCUT2D eigenvalue weighted by atomic mass is 10.2. The normalized spacial score (nSPS) is 14.7. The molecule has 33 heavy (non-hydrogen) atoms. The summed E-state index contributed by atoms with van der Waals surface area (Å²) in [6.07, 6.45) is 1.62. The number of furan rings is 1. The molecule has 7 nitrogen and oxygen atoms in total. The third kappa shape index (κ3) is 5.32. The van der Waals surface area contributed by atoms with E-state index in [0.29, 0.717) is 18.1 Å². The van der Waals surface area contributed by atoms with Crippen LogP contribution in [-0.4, -0.2) is 29.1 Å². The number of methoxy groups -OCH3 is 1. The Labute approximate surface area is 192 Å². The Morgan fingerprint density at radius 1 is 1.06 bits per heavy atom. The minimum Gasteiger partial charge on any atom is -0.489 e. The van der Waals surface area contributed by atoms with E-state index in [0.717, 1.165) is 27.8 Å². The first-order valence-electron chi connectivity index (χ1n) is 9.82. The fourth-order valence-corrected chi connectivity index (χ4v) is 3.86. The van der Waals surface area contributed by atoms with E-state index in [1.807, 2.05) is 0 Å². The lowest BCUT2D eigenvalue weighted by molar-refractivity contribution is -0.123. The molecule has 3 aromatic rings. The highest BCUT2D eigenvalue weighted by Gasteiger charge is 2.35. The number of benzene rings is 2. The summed E-state index contributed by atoms with van der Waals surface area (Å²) in [6, 6.07) is 16.0. The second-order valence-electron chi connectivity index (χ2n) is 7.01. The number of rotatable bonds is 7. The van der Waals surface area contributed by atoms with E-state index >= 15 is 0 Å². The summed E-state index contributed by atoms with van der Waals surface area (Å²) in [5.41, 5.74) is 1.56. The molecule has 1 aliphatic rings. The molecule has 0 saturated carbocycles. The third-order valence-electron chi connectivity index (χ3n) is 4.73. The molecular weight excluding hydrogens is 449 g/mol. The predicted molar refractivity (Wildman–Crippen MR) is 119 cm³/mol. The second-order valence-corrected chi connectivity index (χ2v) is 8.00. The molecule has 168 valence electrons. The van der Waals surface area contributed by atoms with Crippen LogP contribution in [0.25, 0.3) is 6.08 Å². The fraction of sp³-hybridized carbons (Fsp3) is 0.125. The first kappa shape index (κ1) is 22.3. The number of imide groups is 1. The summed E-state index contributed by atoms with van der Waals surface area (Å²) in [6.45, 7) is 0.206. The van der Waals surface area contributed by atoms with Gasteiger partial charge in [-0.2, -0.15) is 0 Å². The van der Waals surface area contributed by atoms with E-state index in [9.17, 15) is 18.8 Å². The maximum Gasteiger partial charge on any atom is 0.373 e. The highest BCUT2D eigenvalue weighted by Crippen LogP contribution is 2.33. The largest absolute Gasteiger partial charge is 0.489 e. The topological polar surface area (TPSA) is 86.0 Å². The van der Waals surface area contributed by atoms with Crippen LogP contribution in [0.15, 0.2) is 70.0 Å². The van der Waals surface area contributed by atoms with Crippen LogP contribution >= 0.6 is 11.8 Å². The molecule has 0 radical (unpaired) electrons. The molecule has 1 aliphatic heterocycles. The first-order valence-corrected chi connectivity index (χ1v) is 10.6. The van der Waals surface area contributed by atoms with Gasteiger partial charge in [0.2, 0.25) is 5.76 Å². The molecule has 0 bridgehead atoms. The Bertz CT molecular complexity index is 1220. The van der Waals surface area contributed by atoms with Crippen LogP contribution in [0.2, 0.25) is 0 Å². The average molecular weight is 467 g/mol. The number of thioether (sulfide) groups is 1. The molecule has 0 aliphatic carbocycles. The predicted octanol–water partition coefficient (Wildman–Crippen LogP) is 5.02.